The van der Waals surface area contributed by atoms with Crippen LogP contribution in [0.2, 0.25) is 0 Å². The van der Waals surface area contributed by atoms with Crippen molar-refractivity contribution >= 4 is 15.9 Å². The van der Waals surface area contributed by atoms with Gasteiger partial charge < -0.3 is 4.74 Å². The normalized spacial score (nSPS) is 11.4. The topological polar surface area (TPSA) is 27.1 Å². The molecule has 0 aliphatic heterocycles. The monoisotopic (exact) mass is 316 g/mol. The van der Waals surface area contributed by atoms with E-state index < -0.39 is 0 Å². The Kier molecular flexibility index (Phi) is 6.94. The van der Waals surface area contributed by atoms with Gasteiger partial charge in [0.05, 0.1) is 22.5 Å². The lowest BCUT2D eigenvalue weighted by molar-refractivity contribution is 0.0795. The van der Waals surface area contributed by atoms with Gasteiger partial charge in [-0.3, -0.25) is 4.68 Å². The molecule has 0 radical (unpaired) electrons. The van der Waals surface area contributed by atoms with Crippen LogP contribution in [0.3, 0.4) is 0 Å². The van der Waals surface area contributed by atoms with Crippen LogP contribution in [0.15, 0.2) is 4.47 Å². The second kappa shape index (κ2) is 7.95. The van der Waals surface area contributed by atoms with E-state index >= 15 is 0 Å². The molecule has 0 aromatic carbocycles. The van der Waals surface area contributed by atoms with Crippen molar-refractivity contribution in [2.75, 3.05) is 6.61 Å². The molecule has 1 heterocycles. The molecule has 0 amide bonds. The Bertz CT molecular complexity index is 359. The van der Waals surface area contributed by atoms with Crippen molar-refractivity contribution < 1.29 is 4.74 Å². The molecule has 1 aromatic heterocycles. The molecule has 0 saturated carbocycles. The first kappa shape index (κ1) is 15.7. The summed E-state index contributed by atoms with van der Waals surface area (Å²) in [6.07, 6.45) is 3.32. The van der Waals surface area contributed by atoms with Crippen molar-refractivity contribution in [2.24, 2.45) is 5.92 Å². The standard InChI is InChI=1S/C14H25BrN2O/c1-5-11(6-2)9-18-10-13-14(15)12(7-3)16-17(13)8-4/h11H,5-10H2,1-4H3. The van der Waals surface area contributed by atoms with E-state index in [0.717, 1.165) is 29.7 Å². The molecule has 1 rings (SSSR count). The highest BCUT2D eigenvalue weighted by Gasteiger charge is 2.14. The first-order valence-corrected chi connectivity index (χ1v) is 7.78. The van der Waals surface area contributed by atoms with Crippen molar-refractivity contribution in [1.82, 2.24) is 9.78 Å². The first-order chi connectivity index (χ1) is 8.67. The Morgan fingerprint density at radius 3 is 2.39 bits per heavy atom. The van der Waals surface area contributed by atoms with E-state index in [1.165, 1.54) is 18.5 Å². The van der Waals surface area contributed by atoms with E-state index in [9.17, 15) is 0 Å². The average molecular weight is 317 g/mol. The fourth-order valence-electron chi connectivity index (χ4n) is 2.00. The second-order valence-electron chi connectivity index (χ2n) is 4.57. The highest BCUT2D eigenvalue weighted by molar-refractivity contribution is 9.10. The van der Waals surface area contributed by atoms with Crippen molar-refractivity contribution in [1.29, 1.82) is 0 Å². The van der Waals surface area contributed by atoms with E-state index in [-0.39, 0.29) is 0 Å². The van der Waals surface area contributed by atoms with Gasteiger partial charge in [0.1, 0.15) is 0 Å². The molecule has 3 nitrogen and oxygen atoms in total. The summed E-state index contributed by atoms with van der Waals surface area (Å²) in [7, 11) is 0. The SMILES string of the molecule is CCc1nn(CC)c(COCC(CC)CC)c1Br. The fraction of sp³-hybridized carbons (Fsp3) is 0.786. The van der Waals surface area contributed by atoms with Crippen LogP contribution in [0.4, 0.5) is 0 Å². The number of aryl methyl sites for hydroxylation is 2. The third kappa shape index (κ3) is 3.82. The largest absolute Gasteiger partial charge is 0.375 e. The molecule has 0 aliphatic rings. The summed E-state index contributed by atoms with van der Waals surface area (Å²) in [4.78, 5) is 0. The van der Waals surface area contributed by atoms with Gasteiger partial charge in [0.2, 0.25) is 0 Å². The van der Waals surface area contributed by atoms with Crippen LogP contribution in [0.1, 0.15) is 51.9 Å². The van der Waals surface area contributed by atoms with Crippen LogP contribution in [-0.2, 0) is 24.3 Å². The Balaban J connectivity index is 2.63. The maximum atomic E-state index is 5.85. The molecule has 0 atom stereocenters. The molecule has 0 saturated heterocycles. The predicted octanol–water partition coefficient (Wildman–Crippen LogP) is 4.18. The molecule has 0 unspecified atom stereocenters. The molecule has 0 N–H and O–H groups in total. The number of aromatic nitrogens is 2. The van der Waals surface area contributed by atoms with Gasteiger partial charge in [0.15, 0.2) is 0 Å². The molecule has 0 fully saturated rings. The van der Waals surface area contributed by atoms with Gasteiger partial charge in [-0.1, -0.05) is 33.6 Å². The highest BCUT2D eigenvalue weighted by Crippen LogP contribution is 2.23. The lowest BCUT2D eigenvalue weighted by Gasteiger charge is -2.13. The molecule has 4 heteroatoms. The molecule has 18 heavy (non-hydrogen) atoms. The van der Waals surface area contributed by atoms with Crippen molar-refractivity contribution in [2.45, 2.75) is 60.1 Å². The number of halogens is 1. The molecule has 1 aromatic rings. The summed E-state index contributed by atoms with van der Waals surface area (Å²) in [5, 5.41) is 4.57. The van der Waals surface area contributed by atoms with Crippen LogP contribution in [0.25, 0.3) is 0 Å². The Morgan fingerprint density at radius 2 is 1.89 bits per heavy atom. The van der Waals surface area contributed by atoms with Gasteiger partial charge in [-0.05, 0) is 35.2 Å². The van der Waals surface area contributed by atoms with Crippen LogP contribution in [0, 0.1) is 5.92 Å². The van der Waals surface area contributed by atoms with Crippen LogP contribution >= 0.6 is 15.9 Å². The zero-order valence-corrected chi connectivity index (χ0v) is 13.6. The summed E-state index contributed by atoms with van der Waals surface area (Å²) >= 11 is 3.64. The minimum Gasteiger partial charge on any atom is -0.375 e. The van der Waals surface area contributed by atoms with E-state index in [1.54, 1.807) is 0 Å². The van der Waals surface area contributed by atoms with Gasteiger partial charge >= 0.3 is 0 Å². The second-order valence-corrected chi connectivity index (χ2v) is 5.37. The smallest absolute Gasteiger partial charge is 0.0896 e. The number of ether oxygens (including phenoxy) is 1. The van der Waals surface area contributed by atoms with E-state index in [2.05, 4.69) is 48.7 Å². The minimum atomic E-state index is 0.651. The third-order valence-corrected chi connectivity index (χ3v) is 4.36. The molecular formula is C14H25BrN2O. The summed E-state index contributed by atoms with van der Waals surface area (Å²) in [5.41, 5.74) is 2.29. The van der Waals surface area contributed by atoms with Crippen molar-refractivity contribution in [3.63, 3.8) is 0 Å². The maximum absolute atomic E-state index is 5.85. The van der Waals surface area contributed by atoms with Gasteiger partial charge in [-0.2, -0.15) is 5.10 Å². The summed E-state index contributed by atoms with van der Waals surface area (Å²) in [5.74, 6) is 0.674. The van der Waals surface area contributed by atoms with E-state index in [4.69, 9.17) is 4.74 Å². The zero-order valence-electron chi connectivity index (χ0n) is 12.0. The number of hydrogen-bond acceptors (Lipinski definition) is 2. The number of rotatable bonds is 8. The highest BCUT2D eigenvalue weighted by atomic mass is 79.9. The van der Waals surface area contributed by atoms with Crippen LogP contribution < -0.4 is 0 Å². The lowest BCUT2D eigenvalue weighted by atomic mass is 10.1. The van der Waals surface area contributed by atoms with Gasteiger partial charge in [0.25, 0.3) is 0 Å². The molecular weight excluding hydrogens is 292 g/mol. The van der Waals surface area contributed by atoms with Crippen LogP contribution in [0.5, 0.6) is 0 Å². The zero-order chi connectivity index (χ0) is 13.5. The maximum Gasteiger partial charge on any atom is 0.0896 e. The van der Waals surface area contributed by atoms with Gasteiger partial charge in [-0.15, -0.1) is 0 Å². The van der Waals surface area contributed by atoms with E-state index in [0.29, 0.717) is 12.5 Å². The number of nitrogens with zero attached hydrogens (tertiary/aromatic N) is 2. The average Bonchev–Trinajstić information content (AvgIpc) is 2.71. The Hall–Kier alpha value is -0.350. The van der Waals surface area contributed by atoms with Crippen molar-refractivity contribution in [3.8, 4) is 0 Å². The quantitative estimate of drug-likeness (QED) is 0.719. The lowest BCUT2D eigenvalue weighted by Crippen LogP contribution is -2.10. The van der Waals surface area contributed by atoms with Gasteiger partial charge in [0, 0.05) is 13.2 Å². The van der Waals surface area contributed by atoms with Gasteiger partial charge in [-0.25, -0.2) is 0 Å². The Morgan fingerprint density at radius 1 is 1.22 bits per heavy atom. The fourth-order valence-corrected chi connectivity index (χ4v) is 2.68. The summed E-state index contributed by atoms with van der Waals surface area (Å²) < 4.78 is 9.01. The first-order valence-electron chi connectivity index (χ1n) is 6.99. The molecule has 0 aliphatic carbocycles. The third-order valence-electron chi connectivity index (χ3n) is 3.44. The van der Waals surface area contributed by atoms with E-state index in [1.807, 2.05) is 4.68 Å². The summed E-state index contributed by atoms with van der Waals surface area (Å²) in [6, 6.07) is 0. The number of hydrogen-bond donors (Lipinski definition) is 0. The molecule has 0 spiro atoms. The molecule has 0 bridgehead atoms. The predicted molar refractivity (Wildman–Crippen MR) is 78.7 cm³/mol. The molecule has 104 valence electrons. The van der Waals surface area contributed by atoms with Crippen LogP contribution in [-0.4, -0.2) is 16.4 Å². The Labute approximate surface area is 119 Å². The minimum absolute atomic E-state index is 0.651. The summed E-state index contributed by atoms with van der Waals surface area (Å²) in [6.45, 7) is 11.1. The van der Waals surface area contributed by atoms with Crippen molar-refractivity contribution in [3.05, 3.63) is 15.9 Å².